The quantitative estimate of drug-likeness (QED) is 0.552. The lowest BCUT2D eigenvalue weighted by Gasteiger charge is -2.12. The lowest BCUT2D eigenvalue weighted by Crippen LogP contribution is -2.24. The van der Waals surface area contributed by atoms with Gasteiger partial charge in [-0.2, -0.15) is 0 Å². The van der Waals surface area contributed by atoms with E-state index in [9.17, 15) is 19.9 Å². The number of H-pyrrole nitrogens is 1. The smallest absolute Gasteiger partial charge is 0.349 e. The van der Waals surface area contributed by atoms with E-state index < -0.39 is 30.0 Å². The van der Waals surface area contributed by atoms with Crippen molar-refractivity contribution in [1.29, 1.82) is 0 Å². The highest BCUT2D eigenvalue weighted by atomic mass is 16.4. The molecule has 7 nitrogen and oxygen atoms in total. The molecule has 1 unspecified atom stereocenters. The number of carbonyl (C=O) groups is 2. The van der Waals surface area contributed by atoms with Crippen molar-refractivity contribution >= 4 is 28.6 Å². The summed E-state index contributed by atoms with van der Waals surface area (Å²) in [5, 5.41) is 31.7. The zero-order valence-electron chi connectivity index (χ0n) is 10.9. The van der Waals surface area contributed by atoms with E-state index in [1.165, 1.54) is 0 Å². The molecule has 0 amide bonds. The molecular formula is C14H13N2O5-. The molecular weight excluding hydrogens is 276 g/mol. The average Bonchev–Trinajstić information content (AvgIpc) is 2.86. The highest BCUT2D eigenvalue weighted by Gasteiger charge is 2.24. The predicted octanol–water partition coefficient (Wildman–Crippen LogP) is 1.82. The molecule has 110 valence electrons. The molecule has 1 aromatic carbocycles. The van der Waals surface area contributed by atoms with E-state index in [1.54, 1.807) is 6.20 Å². The lowest BCUT2D eigenvalue weighted by atomic mass is 9.94. The van der Waals surface area contributed by atoms with E-state index in [1.807, 2.05) is 24.3 Å². The number of benzene rings is 1. The Bertz CT molecular complexity index is 704. The largest absolute Gasteiger partial charge is 0.792 e. The first kappa shape index (κ1) is 14.6. The van der Waals surface area contributed by atoms with E-state index in [2.05, 4.69) is 10.1 Å². The fourth-order valence-electron chi connectivity index (χ4n) is 2.21. The molecule has 7 heteroatoms. The molecule has 1 atom stereocenters. The second kappa shape index (κ2) is 6.08. The molecule has 0 bridgehead atoms. The van der Waals surface area contributed by atoms with E-state index >= 15 is 0 Å². The number of hydrogen-bond donors (Lipinski definition) is 3. The van der Waals surface area contributed by atoms with Gasteiger partial charge in [0.25, 0.3) is 0 Å². The standard InChI is InChI=1S/C14H14N2O5/c17-13(18)8(6-12(16-21)14(19)20)5-9-7-15-11-4-2-1-3-10(9)11/h1-4,7-8,15,21H,5-6H2,(H,17,18)(H,19,20)/p-1. The van der Waals surface area contributed by atoms with Crippen molar-refractivity contribution in [3.05, 3.63) is 41.2 Å². The summed E-state index contributed by atoms with van der Waals surface area (Å²) in [6.45, 7) is 0. The SMILES string of the molecule is O=C(O)C(CC(Cc1c[nH]c2ccccc12)C(=O)O)=N[O-]. The molecule has 0 aliphatic heterocycles. The van der Waals surface area contributed by atoms with Gasteiger partial charge >= 0.3 is 11.9 Å². The van der Waals surface area contributed by atoms with Crippen LogP contribution < -0.4 is 0 Å². The number of aliphatic carboxylic acids is 2. The number of carboxylic acids is 2. The lowest BCUT2D eigenvalue weighted by molar-refractivity contribution is -0.141. The normalized spacial score (nSPS) is 13.2. The number of nitrogens with one attached hydrogen (secondary N) is 1. The van der Waals surface area contributed by atoms with Gasteiger partial charge in [0.05, 0.1) is 5.92 Å². The van der Waals surface area contributed by atoms with Crippen LogP contribution in [0.1, 0.15) is 12.0 Å². The van der Waals surface area contributed by atoms with Crippen molar-refractivity contribution in [3.8, 4) is 0 Å². The second-order valence-electron chi connectivity index (χ2n) is 4.65. The van der Waals surface area contributed by atoms with Crippen LogP contribution in [0.15, 0.2) is 35.6 Å². The number of aromatic nitrogens is 1. The van der Waals surface area contributed by atoms with Gasteiger partial charge in [-0.1, -0.05) is 18.2 Å². The van der Waals surface area contributed by atoms with E-state index in [4.69, 9.17) is 5.11 Å². The van der Waals surface area contributed by atoms with Gasteiger partial charge in [0.1, 0.15) is 5.71 Å². The number of carboxylic acid groups (broad SMARTS) is 2. The Morgan fingerprint density at radius 1 is 1.29 bits per heavy atom. The Labute approximate surface area is 119 Å². The van der Waals surface area contributed by atoms with Gasteiger partial charge in [-0.05, 0) is 18.1 Å². The van der Waals surface area contributed by atoms with Gasteiger partial charge < -0.3 is 25.6 Å². The summed E-state index contributed by atoms with van der Waals surface area (Å²) in [5.41, 5.74) is 0.948. The molecule has 0 aliphatic rings. The van der Waals surface area contributed by atoms with Crippen molar-refractivity contribution in [2.24, 2.45) is 11.1 Å². The summed E-state index contributed by atoms with van der Waals surface area (Å²) in [7, 11) is 0. The van der Waals surface area contributed by atoms with Crippen molar-refractivity contribution < 1.29 is 19.8 Å². The highest BCUT2D eigenvalue weighted by molar-refractivity contribution is 6.36. The molecule has 2 rings (SSSR count). The van der Waals surface area contributed by atoms with Gasteiger partial charge in [0.2, 0.25) is 0 Å². The second-order valence-corrected chi connectivity index (χ2v) is 4.65. The third-order valence-corrected chi connectivity index (χ3v) is 3.29. The van der Waals surface area contributed by atoms with Gasteiger partial charge in [0.15, 0.2) is 0 Å². The van der Waals surface area contributed by atoms with Crippen molar-refractivity contribution in [2.45, 2.75) is 12.8 Å². The molecule has 3 N–H and O–H groups in total. The molecule has 2 aromatic rings. The minimum Gasteiger partial charge on any atom is -0.792 e. The molecule has 0 radical (unpaired) electrons. The van der Waals surface area contributed by atoms with E-state index in [0.717, 1.165) is 16.5 Å². The Morgan fingerprint density at radius 2 is 2.00 bits per heavy atom. The Balaban J connectivity index is 2.24. The average molecular weight is 289 g/mol. The number of fused-ring (bicyclic) bond motifs is 1. The maximum Gasteiger partial charge on any atom is 0.349 e. The van der Waals surface area contributed by atoms with Crippen LogP contribution in [-0.2, 0) is 16.0 Å². The Kier molecular flexibility index (Phi) is 4.22. The van der Waals surface area contributed by atoms with Crippen LogP contribution in [0.2, 0.25) is 0 Å². The summed E-state index contributed by atoms with van der Waals surface area (Å²) >= 11 is 0. The number of hydrogen-bond acceptors (Lipinski definition) is 4. The maximum atomic E-state index is 11.3. The summed E-state index contributed by atoms with van der Waals surface area (Å²) in [6, 6.07) is 7.39. The topological polar surface area (TPSA) is 126 Å². The fourth-order valence-corrected chi connectivity index (χ4v) is 2.21. The van der Waals surface area contributed by atoms with Crippen molar-refractivity contribution in [1.82, 2.24) is 4.98 Å². The van der Waals surface area contributed by atoms with Gasteiger partial charge in [-0.25, -0.2) is 4.79 Å². The third-order valence-electron chi connectivity index (χ3n) is 3.29. The van der Waals surface area contributed by atoms with Crippen molar-refractivity contribution in [2.75, 3.05) is 0 Å². The van der Waals surface area contributed by atoms with E-state index in [-0.39, 0.29) is 6.42 Å². The first-order valence-electron chi connectivity index (χ1n) is 6.23. The molecule has 0 saturated heterocycles. The van der Waals surface area contributed by atoms with Gasteiger partial charge in [0, 0.05) is 23.5 Å². The third kappa shape index (κ3) is 3.19. The van der Waals surface area contributed by atoms with Crippen LogP contribution in [0.3, 0.4) is 0 Å². The predicted molar refractivity (Wildman–Crippen MR) is 76.2 cm³/mol. The highest BCUT2D eigenvalue weighted by Crippen LogP contribution is 2.22. The molecule has 0 fully saturated rings. The minimum atomic E-state index is -1.49. The van der Waals surface area contributed by atoms with Gasteiger partial charge in [-0.3, -0.25) is 4.79 Å². The molecule has 0 spiro atoms. The number of aromatic amines is 1. The fraction of sp³-hybridized carbons (Fsp3) is 0.214. The first-order valence-corrected chi connectivity index (χ1v) is 6.23. The Hall–Kier alpha value is -2.83. The molecule has 0 saturated carbocycles. The Morgan fingerprint density at radius 3 is 2.62 bits per heavy atom. The van der Waals surface area contributed by atoms with Crippen LogP contribution in [0.25, 0.3) is 10.9 Å². The van der Waals surface area contributed by atoms with Crippen LogP contribution in [0.4, 0.5) is 0 Å². The number of para-hydroxylation sites is 1. The van der Waals surface area contributed by atoms with Crippen molar-refractivity contribution in [3.63, 3.8) is 0 Å². The van der Waals surface area contributed by atoms with E-state index in [0.29, 0.717) is 0 Å². The van der Waals surface area contributed by atoms with Crippen LogP contribution in [0, 0.1) is 11.1 Å². The molecule has 1 heterocycles. The van der Waals surface area contributed by atoms with Crippen LogP contribution in [-0.4, -0.2) is 32.8 Å². The minimum absolute atomic E-state index is 0.117. The van der Waals surface area contributed by atoms with Gasteiger partial charge in [-0.15, -0.1) is 0 Å². The molecule has 21 heavy (non-hydrogen) atoms. The summed E-state index contributed by atoms with van der Waals surface area (Å²) in [6.07, 6.45) is 1.40. The number of rotatable bonds is 6. The summed E-state index contributed by atoms with van der Waals surface area (Å²) in [4.78, 5) is 25.1. The monoisotopic (exact) mass is 289 g/mol. The zero-order valence-corrected chi connectivity index (χ0v) is 10.9. The maximum absolute atomic E-state index is 11.3. The van der Waals surface area contributed by atoms with Crippen LogP contribution >= 0.6 is 0 Å². The van der Waals surface area contributed by atoms with Crippen LogP contribution in [0.5, 0.6) is 0 Å². The molecule has 0 aliphatic carbocycles. The first-order chi connectivity index (χ1) is 10.0. The summed E-state index contributed by atoms with van der Waals surface area (Å²) in [5.74, 6) is -3.68. The molecule has 1 aromatic heterocycles. The summed E-state index contributed by atoms with van der Waals surface area (Å²) < 4.78 is 0. The zero-order chi connectivity index (χ0) is 15.4. The number of nitrogens with zero attached hydrogens (tertiary/aromatic N) is 1.